The zero-order valence-corrected chi connectivity index (χ0v) is 12.6. The van der Waals surface area contributed by atoms with Gasteiger partial charge in [-0.2, -0.15) is 0 Å². The lowest BCUT2D eigenvalue weighted by Gasteiger charge is -2.19. The molecule has 0 saturated carbocycles. The highest BCUT2D eigenvalue weighted by atomic mass is 16.5. The Morgan fingerprint density at radius 1 is 1.50 bits per heavy atom. The molecule has 0 aromatic carbocycles. The summed E-state index contributed by atoms with van der Waals surface area (Å²) < 4.78 is 10.8. The number of methoxy groups -OCH3 is 1. The molecule has 1 fully saturated rings. The second-order valence-electron chi connectivity index (χ2n) is 5.38. The van der Waals surface area contributed by atoms with Crippen LogP contribution in [0.3, 0.4) is 0 Å². The van der Waals surface area contributed by atoms with Crippen LogP contribution < -0.4 is 10.1 Å². The van der Waals surface area contributed by atoms with Crippen molar-refractivity contribution in [1.29, 1.82) is 0 Å². The second-order valence-corrected chi connectivity index (χ2v) is 5.38. The van der Waals surface area contributed by atoms with Gasteiger partial charge in [-0.1, -0.05) is 13.0 Å². The van der Waals surface area contributed by atoms with E-state index in [0.29, 0.717) is 18.0 Å². The minimum absolute atomic E-state index is 0.477. The van der Waals surface area contributed by atoms with Crippen molar-refractivity contribution in [3.05, 3.63) is 23.9 Å². The first-order chi connectivity index (χ1) is 9.81. The molecule has 0 spiro atoms. The third kappa shape index (κ3) is 4.76. The molecule has 20 heavy (non-hydrogen) atoms. The van der Waals surface area contributed by atoms with Crippen LogP contribution in [0.1, 0.15) is 38.2 Å². The molecule has 2 atom stereocenters. The molecule has 112 valence electrons. The van der Waals surface area contributed by atoms with Crippen LogP contribution in [0.15, 0.2) is 18.3 Å². The molecular weight excluding hydrogens is 252 g/mol. The molecule has 2 heterocycles. The lowest BCUT2D eigenvalue weighted by atomic mass is 10.00. The van der Waals surface area contributed by atoms with Crippen molar-refractivity contribution in [2.24, 2.45) is 0 Å². The Balaban J connectivity index is 1.83. The van der Waals surface area contributed by atoms with E-state index in [9.17, 15) is 0 Å². The molecule has 1 aromatic heterocycles. The maximum Gasteiger partial charge on any atom is 0.212 e. The summed E-state index contributed by atoms with van der Waals surface area (Å²) in [4.78, 5) is 4.27. The van der Waals surface area contributed by atoms with Gasteiger partial charge in [0.25, 0.3) is 0 Å². The highest BCUT2D eigenvalue weighted by molar-refractivity contribution is 5.18. The summed E-state index contributed by atoms with van der Waals surface area (Å²) >= 11 is 0. The smallest absolute Gasteiger partial charge is 0.212 e. The van der Waals surface area contributed by atoms with Gasteiger partial charge in [0.1, 0.15) is 0 Å². The number of likely N-dealkylation sites (N-methyl/N-ethyl adjacent to an activating group) is 1. The van der Waals surface area contributed by atoms with Crippen molar-refractivity contribution in [3.63, 3.8) is 0 Å². The molecule has 1 aliphatic rings. The Labute approximate surface area is 121 Å². The fourth-order valence-corrected chi connectivity index (χ4v) is 2.76. The number of nitrogens with zero attached hydrogens (tertiary/aromatic N) is 1. The zero-order valence-electron chi connectivity index (χ0n) is 12.6. The van der Waals surface area contributed by atoms with Gasteiger partial charge in [-0.15, -0.1) is 0 Å². The normalized spacial score (nSPS) is 20.0. The topological polar surface area (TPSA) is 43.4 Å². The van der Waals surface area contributed by atoms with Crippen LogP contribution in [0.2, 0.25) is 0 Å². The van der Waals surface area contributed by atoms with E-state index in [2.05, 4.69) is 23.3 Å². The van der Waals surface area contributed by atoms with Crippen molar-refractivity contribution in [2.45, 2.75) is 51.2 Å². The number of ether oxygens (including phenoxy) is 2. The average Bonchev–Trinajstić information content (AvgIpc) is 2.99. The Morgan fingerprint density at radius 3 is 3.00 bits per heavy atom. The standard InChI is InChI=1S/C16H26N2O2/c1-3-17-14(7-8-15-5-4-10-20-15)11-13-6-9-16(19-2)18-12-13/h6,9,12,14-15,17H,3-5,7-8,10-11H2,1-2H3. The maximum atomic E-state index is 5.71. The first kappa shape index (κ1) is 15.3. The number of nitrogens with one attached hydrogen (secondary N) is 1. The Morgan fingerprint density at radius 2 is 2.40 bits per heavy atom. The Bertz CT molecular complexity index is 375. The van der Waals surface area contributed by atoms with Crippen LogP contribution in [-0.4, -0.2) is 37.4 Å². The molecule has 2 rings (SSSR count). The van der Waals surface area contributed by atoms with Crippen LogP contribution in [0.4, 0.5) is 0 Å². The van der Waals surface area contributed by atoms with Crippen LogP contribution in [-0.2, 0) is 11.2 Å². The monoisotopic (exact) mass is 278 g/mol. The van der Waals surface area contributed by atoms with Crippen molar-refractivity contribution in [2.75, 3.05) is 20.3 Å². The van der Waals surface area contributed by atoms with Gasteiger partial charge in [0.15, 0.2) is 0 Å². The number of hydrogen-bond acceptors (Lipinski definition) is 4. The van der Waals surface area contributed by atoms with Crippen molar-refractivity contribution >= 4 is 0 Å². The maximum absolute atomic E-state index is 5.71. The SMILES string of the molecule is CCNC(CCC1CCCO1)Cc1ccc(OC)nc1. The lowest BCUT2D eigenvalue weighted by Crippen LogP contribution is -2.32. The van der Waals surface area contributed by atoms with E-state index >= 15 is 0 Å². The van der Waals surface area contributed by atoms with Crippen LogP contribution >= 0.6 is 0 Å². The van der Waals surface area contributed by atoms with E-state index in [4.69, 9.17) is 9.47 Å². The molecule has 1 aromatic rings. The van der Waals surface area contributed by atoms with E-state index in [0.717, 1.165) is 32.4 Å². The molecule has 1 N–H and O–H groups in total. The van der Waals surface area contributed by atoms with E-state index in [-0.39, 0.29) is 0 Å². The summed E-state index contributed by atoms with van der Waals surface area (Å²) in [6.07, 6.45) is 8.16. The van der Waals surface area contributed by atoms with Crippen LogP contribution in [0.25, 0.3) is 0 Å². The minimum Gasteiger partial charge on any atom is -0.481 e. The first-order valence-electron chi connectivity index (χ1n) is 7.65. The minimum atomic E-state index is 0.477. The molecular formula is C16H26N2O2. The molecule has 4 nitrogen and oxygen atoms in total. The summed E-state index contributed by atoms with van der Waals surface area (Å²) in [7, 11) is 1.64. The number of rotatable bonds is 8. The van der Waals surface area contributed by atoms with Gasteiger partial charge in [0, 0.05) is 24.9 Å². The zero-order chi connectivity index (χ0) is 14.2. The van der Waals surface area contributed by atoms with Crippen molar-refractivity contribution in [3.8, 4) is 5.88 Å². The van der Waals surface area contributed by atoms with Crippen molar-refractivity contribution < 1.29 is 9.47 Å². The molecule has 0 bridgehead atoms. The molecule has 2 unspecified atom stereocenters. The molecule has 0 aliphatic carbocycles. The predicted molar refractivity (Wildman–Crippen MR) is 80.2 cm³/mol. The van der Waals surface area contributed by atoms with Gasteiger partial charge in [-0.25, -0.2) is 4.98 Å². The number of pyridine rings is 1. The molecule has 4 heteroatoms. The summed E-state index contributed by atoms with van der Waals surface area (Å²) in [5, 5.41) is 3.57. The van der Waals surface area contributed by atoms with Crippen LogP contribution in [0.5, 0.6) is 5.88 Å². The van der Waals surface area contributed by atoms with Gasteiger partial charge in [-0.05, 0) is 44.2 Å². The van der Waals surface area contributed by atoms with Crippen LogP contribution in [0, 0.1) is 0 Å². The van der Waals surface area contributed by atoms with E-state index in [1.54, 1.807) is 7.11 Å². The Kier molecular flexibility index (Phi) is 6.27. The third-order valence-electron chi connectivity index (χ3n) is 3.84. The fourth-order valence-electron chi connectivity index (χ4n) is 2.76. The number of hydrogen-bond donors (Lipinski definition) is 1. The highest BCUT2D eigenvalue weighted by Crippen LogP contribution is 2.19. The van der Waals surface area contributed by atoms with Gasteiger partial charge in [-0.3, -0.25) is 0 Å². The molecule has 0 amide bonds. The second kappa shape index (κ2) is 8.22. The van der Waals surface area contributed by atoms with Gasteiger partial charge in [0.2, 0.25) is 5.88 Å². The highest BCUT2D eigenvalue weighted by Gasteiger charge is 2.17. The number of aromatic nitrogens is 1. The Hall–Kier alpha value is -1.13. The predicted octanol–water partition coefficient (Wildman–Crippen LogP) is 2.57. The fraction of sp³-hybridized carbons (Fsp3) is 0.688. The summed E-state index contributed by atoms with van der Waals surface area (Å²) in [5.74, 6) is 0.674. The van der Waals surface area contributed by atoms with E-state index < -0.39 is 0 Å². The largest absolute Gasteiger partial charge is 0.481 e. The van der Waals surface area contributed by atoms with Gasteiger partial charge in [0.05, 0.1) is 13.2 Å². The van der Waals surface area contributed by atoms with E-state index in [1.807, 2.05) is 12.3 Å². The quantitative estimate of drug-likeness (QED) is 0.793. The molecule has 1 saturated heterocycles. The summed E-state index contributed by atoms with van der Waals surface area (Å²) in [5.41, 5.74) is 1.25. The van der Waals surface area contributed by atoms with Gasteiger partial charge >= 0.3 is 0 Å². The van der Waals surface area contributed by atoms with Crippen molar-refractivity contribution in [1.82, 2.24) is 10.3 Å². The lowest BCUT2D eigenvalue weighted by molar-refractivity contribution is 0.0996. The first-order valence-corrected chi connectivity index (χ1v) is 7.65. The average molecular weight is 278 g/mol. The molecule has 1 aliphatic heterocycles. The third-order valence-corrected chi connectivity index (χ3v) is 3.84. The van der Waals surface area contributed by atoms with Gasteiger partial charge < -0.3 is 14.8 Å². The molecule has 0 radical (unpaired) electrons. The van der Waals surface area contributed by atoms with E-state index in [1.165, 1.54) is 18.4 Å². The summed E-state index contributed by atoms with van der Waals surface area (Å²) in [6, 6.07) is 4.53. The summed E-state index contributed by atoms with van der Waals surface area (Å²) in [6.45, 7) is 4.10.